The second-order valence-electron chi connectivity index (χ2n) is 8.45. The van der Waals surface area contributed by atoms with E-state index in [4.69, 9.17) is 15.0 Å². The molecule has 0 radical (unpaired) electrons. The van der Waals surface area contributed by atoms with E-state index in [1.165, 1.54) is 11.1 Å². The van der Waals surface area contributed by atoms with E-state index in [0.717, 1.165) is 23.9 Å². The van der Waals surface area contributed by atoms with Crippen LogP contribution in [0.2, 0.25) is 0 Å². The van der Waals surface area contributed by atoms with E-state index >= 15 is 0 Å². The van der Waals surface area contributed by atoms with E-state index in [2.05, 4.69) is 24.3 Å². The Morgan fingerprint density at radius 2 is 1.24 bits per heavy atom. The molecule has 0 aliphatic carbocycles. The maximum absolute atomic E-state index is 13.6. The summed E-state index contributed by atoms with van der Waals surface area (Å²) >= 11 is 0. The van der Waals surface area contributed by atoms with Crippen molar-refractivity contribution in [2.45, 2.75) is 25.9 Å². The summed E-state index contributed by atoms with van der Waals surface area (Å²) in [7, 11) is 0. The van der Waals surface area contributed by atoms with Crippen molar-refractivity contribution in [1.29, 1.82) is 0 Å². The predicted octanol–water partition coefficient (Wildman–Crippen LogP) is 4.78. The molecule has 6 heteroatoms. The molecule has 0 fully saturated rings. The highest BCUT2D eigenvalue weighted by atomic mass is 16.1. The first-order valence-corrected chi connectivity index (χ1v) is 11.5. The van der Waals surface area contributed by atoms with Gasteiger partial charge in [-0.1, -0.05) is 72.8 Å². The summed E-state index contributed by atoms with van der Waals surface area (Å²) in [4.78, 5) is 28.1. The first-order chi connectivity index (χ1) is 16.8. The van der Waals surface area contributed by atoms with Crippen molar-refractivity contribution in [3.8, 4) is 0 Å². The van der Waals surface area contributed by atoms with Gasteiger partial charge < -0.3 is 4.57 Å². The topological polar surface area (TPSA) is 65.6 Å². The minimum absolute atomic E-state index is 0.0750. The van der Waals surface area contributed by atoms with Gasteiger partial charge in [0, 0.05) is 13.1 Å². The molecule has 6 rings (SSSR count). The fraction of sp³-hybridized carbons (Fsp3) is 0.143. The van der Waals surface area contributed by atoms with Crippen LogP contribution in [0.3, 0.4) is 0 Å². The van der Waals surface area contributed by atoms with E-state index in [1.54, 1.807) is 10.9 Å². The zero-order chi connectivity index (χ0) is 22.9. The lowest BCUT2D eigenvalue weighted by Gasteiger charge is -2.08. The Balaban J connectivity index is 1.49. The number of nitrogens with zero attached hydrogens (tertiary/aromatic N) is 5. The lowest BCUT2D eigenvalue weighted by Crippen LogP contribution is -2.22. The Kier molecular flexibility index (Phi) is 5.11. The number of para-hydroxylation sites is 2. The van der Waals surface area contributed by atoms with E-state index in [1.807, 2.05) is 65.2 Å². The highest BCUT2D eigenvalue weighted by Gasteiger charge is 2.19. The lowest BCUT2D eigenvalue weighted by atomic mass is 10.1. The number of hydrogen-bond donors (Lipinski definition) is 0. The van der Waals surface area contributed by atoms with Crippen LogP contribution in [-0.4, -0.2) is 24.1 Å². The van der Waals surface area contributed by atoms with E-state index in [0.29, 0.717) is 35.3 Å². The molecule has 0 saturated heterocycles. The summed E-state index contributed by atoms with van der Waals surface area (Å²) in [6, 6.07) is 28.3. The molecule has 0 aliphatic rings. The van der Waals surface area contributed by atoms with Gasteiger partial charge in [0.1, 0.15) is 10.9 Å². The molecule has 6 aromatic rings. The molecule has 34 heavy (non-hydrogen) atoms. The molecular weight excluding hydrogens is 422 g/mol. The van der Waals surface area contributed by atoms with Gasteiger partial charge in [-0.3, -0.25) is 9.36 Å². The Hall–Kier alpha value is -4.32. The van der Waals surface area contributed by atoms with Crippen LogP contribution < -0.4 is 5.56 Å². The lowest BCUT2D eigenvalue weighted by molar-refractivity contribution is 0.658. The number of rotatable bonds is 6. The van der Waals surface area contributed by atoms with Gasteiger partial charge in [0.05, 0.1) is 17.4 Å². The number of hydrogen-bond acceptors (Lipinski definition) is 4. The quantitative estimate of drug-likeness (QED) is 0.370. The fourth-order valence-electron chi connectivity index (χ4n) is 4.49. The molecule has 3 heterocycles. The average molecular weight is 446 g/mol. The summed E-state index contributed by atoms with van der Waals surface area (Å²) in [5.41, 5.74) is 5.88. The minimum atomic E-state index is -0.0750. The van der Waals surface area contributed by atoms with Gasteiger partial charge >= 0.3 is 0 Å². The monoisotopic (exact) mass is 445 g/mol. The molecule has 0 spiro atoms. The molecule has 0 N–H and O–H groups in total. The molecule has 0 unspecified atom stereocenters. The minimum Gasteiger partial charge on any atom is -0.308 e. The third-order valence-corrected chi connectivity index (χ3v) is 6.27. The van der Waals surface area contributed by atoms with Crippen molar-refractivity contribution in [1.82, 2.24) is 24.1 Å². The van der Waals surface area contributed by atoms with Gasteiger partial charge in [0.15, 0.2) is 11.3 Å². The second-order valence-corrected chi connectivity index (χ2v) is 8.45. The van der Waals surface area contributed by atoms with Crippen molar-refractivity contribution in [3.05, 3.63) is 113 Å². The first-order valence-electron chi connectivity index (χ1n) is 11.5. The standard InChI is InChI=1S/C28H23N5O/c34-28-24-25-27(31-23-14-8-7-13-22(23)30-25)33(18-16-21-11-5-2-6-12-21)26(24)29-19-32(28)17-15-20-9-3-1-4-10-20/h1-14,19H,15-18H2. The molecule has 3 aromatic heterocycles. The van der Waals surface area contributed by atoms with Gasteiger partial charge in [-0.15, -0.1) is 0 Å². The van der Waals surface area contributed by atoms with Crippen LogP contribution in [0.1, 0.15) is 11.1 Å². The van der Waals surface area contributed by atoms with E-state index in [9.17, 15) is 4.79 Å². The van der Waals surface area contributed by atoms with Crippen LogP contribution in [-0.2, 0) is 25.9 Å². The predicted molar refractivity (Wildman–Crippen MR) is 135 cm³/mol. The van der Waals surface area contributed by atoms with Crippen molar-refractivity contribution >= 4 is 33.2 Å². The molecule has 0 bridgehead atoms. The zero-order valence-electron chi connectivity index (χ0n) is 18.6. The van der Waals surface area contributed by atoms with Gasteiger partial charge in [-0.25, -0.2) is 15.0 Å². The van der Waals surface area contributed by atoms with Crippen LogP contribution in [0.5, 0.6) is 0 Å². The highest BCUT2D eigenvalue weighted by molar-refractivity contribution is 6.04. The third kappa shape index (κ3) is 3.63. The molecule has 0 amide bonds. The largest absolute Gasteiger partial charge is 0.308 e. The summed E-state index contributed by atoms with van der Waals surface area (Å²) in [5, 5.41) is 0.539. The number of aryl methyl sites for hydroxylation is 4. The highest BCUT2D eigenvalue weighted by Crippen LogP contribution is 2.25. The molecule has 0 atom stereocenters. The zero-order valence-corrected chi connectivity index (χ0v) is 18.6. The SMILES string of the molecule is O=c1c2c3nc4ccccc4nc3n(CCc3ccccc3)c2ncn1CCc1ccccc1. The average Bonchev–Trinajstić information content (AvgIpc) is 3.20. The smallest absolute Gasteiger partial charge is 0.265 e. The Labute approximate surface area is 196 Å². The van der Waals surface area contributed by atoms with Crippen LogP contribution in [0.15, 0.2) is 96.1 Å². The number of fused-ring (bicyclic) bond motifs is 4. The number of benzene rings is 3. The van der Waals surface area contributed by atoms with Gasteiger partial charge in [-0.05, 0) is 36.1 Å². The van der Waals surface area contributed by atoms with Crippen LogP contribution in [0.25, 0.3) is 33.2 Å². The summed E-state index contributed by atoms with van der Waals surface area (Å²) in [5.74, 6) is 0. The Bertz CT molecular complexity index is 1670. The van der Waals surface area contributed by atoms with Crippen LogP contribution in [0, 0.1) is 0 Å². The van der Waals surface area contributed by atoms with E-state index in [-0.39, 0.29) is 5.56 Å². The molecule has 0 saturated carbocycles. The van der Waals surface area contributed by atoms with Gasteiger partial charge in [-0.2, -0.15) is 0 Å². The molecular formula is C28H23N5O. The van der Waals surface area contributed by atoms with Crippen molar-refractivity contribution in [2.24, 2.45) is 0 Å². The Morgan fingerprint density at radius 1 is 0.647 bits per heavy atom. The summed E-state index contributed by atoms with van der Waals surface area (Å²) in [6.45, 7) is 1.22. The van der Waals surface area contributed by atoms with Crippen LogP contribution >= 0.6 is 0 Å². The number of aromatic nitrogens is 5. The van der Waals surface area contributed by atoms with Crippen molar-refractivity contribution in [3.63, 3.8) is 0 Å². The first kappa shape index (κ1) is 20.3. The van der Waals surface area contributed by atoms with Gasteiger partial charge in [0.2, 0.25) is 0 Å². The second kappa shape index (κ2) is 8.56. The Morgan fingerprint density at radius 3 is 1.91 bits per heavy atom. The van der Waals surface area contributed by atoms with Crippen LogP contribution in [0.4, 0.5) is 0 Å². The van der Waals surface area contributed by atoms with Crippen molar-refractivity contribution in [2.75, 3.05) is 0 Å². The van der Waals surface area contributed by atoms with Gasteiger partial charge in [0.25, 0.3) is 5.56 Å². The summed E-state index contributed by atoms with van der Waals surface area (Å²) < 4.78 is 3.73. The molecule has 3 aromatic carbocycles. The maximum atomic E-state index is 13.6. The normalized spacial score (nSPS) is 11.5. The maximum Gasteiger partial charge on any atom is 0.265 e. The molecule has 166 valence electrons. The van der Waals surface area contributed by atoms with Crippen molar-refractivity contribution < 1.29 is 0 Å². The van der Waals surface area contributed by atoms with E-state index < -0.39 is 0 Å². The molecule has 6 nitrogen and oxygen atoms in total. The third-order valence-electron chi connectivity index (χ3n) is 6.27. The summed E-state index contributed by atoms with van der Waals surface area (Å²) in [6.07, 6.45) is 3.23. The molecule has 0 aliphatic heterocycles. The fourth-order valence-corrected chi connectivity index (χ4v) is 4.49.